The third kappa shape index (κ3) is 3.23. The lowest BCUT2D eigenvalue weighted by molar-refractivity contribution is 0.102. The number of carbonyl (C=O) groups excluding carboxylic acids is 1. The van der Waals surface area contributed by atoms with Crippen LogP contribution in [0.2, 0.25) is 0 Å². The molecule has 0 atom stereocenters. The maximum atomic E-state index is 12.2. The second-order valence-electron chi connectivity index (χ2n) is 6.84. The Bertz CT molecular complexity index is 724. The quantitative estimate of drug-likeness (QED) is 0.907. The second-order valence-corrected chi connectivity index (χ2v) is 7.67. The molecular weight excluding hydrogens is 336 g/mol. The molecule has 0 unspecified atom stereocenters. The van der Waals surface area contributed by atoms with Crippen molar-refractivity contribution in [2.45, 2.75) is 31.2 Å². The Kier molecular flexibility index (Phi) is 4.39. The van der Waals surface area contributed by atoms with Crippen LogP contribution < -0.4 is 10.2 Å². The van der Waals surface area contributed by atoms with Crippen molar-refractivity contribution in [2.75, 3.05) is 36.9 Å². The minimum Gasteiger partial charge on any atom is -0.356 e. The number of rotatable bonds is 3. The lowest BCUT2D eigenvalue weighted by Crippen LogP contribution is -2.50. The Hall–Kier alpha value is -2.06. The van der Waals surface area contributed by atoms with Crippen molar-refractivity contribution in [1.29, 1.82) is 0 Å². The van der Waals surface area contributed by atoms with E-state index in [0.717, 1.165) is 18.9 Å². The monoisotopic (exact) mass is 358 g/mol. The molecule has 1 spiro atoms. The first-order valence-corrected chi connectivity index (χ1v) is 9.54. The molecule has 0 radical (unpaired) electrons. The second kappa shape index (κ2) is 6.68. The first-order chi connectivity index (χ1) is 12.2. The van der Waals surface area contributed by atoms with Crippen LogP contribution in [0.15, 0.2) is 23.8 Å². The van der Waals surface area contributed by atoms with Gasteiger partial charge in [0.2, 0.25) is 5.13 Å². The molecule has 0 saturated carbocycles. The topological polar surface area (TPSA) is 74.2 Å². The fraction of sp³-hybridized carbons (Fsp3) is 0.529. The number of aromatic nitrogens is 3. The predicted molar refractivity (Wildman–Crippen MR) is 98.1 cm³/mol. The van der Waals surface area contributed by atoms with E-state index in [9.17, 15) is 4.79 Å². The van der Waals surface area contributed by atoms with Crippen LogP contribution in [0.25, 0.3) is 0 Å². The molecule has 4 heterocycles. The molecule has 0 aliphatic carbocycles. The van der Waals surface area contributed by atoms with Gasteiger partial charge in [-0.15, -0.1) is 10.2 Å². The Balaban J connectivity index is 1.38. The zero-order valence-corrected chi connectivity index (χ0v) is 15.1. The van der Waals surface area contributed by atoms with E-state index in [4.69, 9.17) is 0 Å². The first-order valence-electron chi connectivity index (χ1n) is 8.66. The Morgan fingerprint density at radius 2 is 2.08 bits per heavy atom. The van der Waals surface area contributed by atoms with Gasteiger partial charge < -0.3 is 9.80 Å². The van der Waals surface area contributed by atoms with Gasteiger partial charge >= 0.3 is 0 Å². The first kappa shape index (κ1) is 16.4. The highest BCUT2D eigenvalue weighted by Crippen LogP contribution is 2.37. The van der Waals surface area contributed by atoms with Gasteiger partial charge in [0.25, 0.3) is 5.91 Å². The summed E-state index contributed by atoms with van der Waals surface area (Å²) in [5, 5.41) is 10.7. The van der Waals surface area contributed by atoms with Crippen molar-refractivity contribution in [3.05, 3.63) is 29.4 Å². The van der Waals surface area contributed by atoms with Crippen LogP contribution in [0.3, 0.4) is 0 Å². The number of hydrogen-bond acceptors (Lipinski definition) is 7. The van der Waals surface area contributed by atoms with E-state index in [1.165, 1.54) is 43.6 Å². The molecule has 8 heteroatoms. The molecule has 2 saturated heterocycles. The van der Waals surface area contributed by atoms with Crippen molar-refractivity contribution in [2.24, 2.45) is 0 Å². The molecule has 2 aliphatic heterocycles. The van der Waals surface area contributed by atoms with Gasteiger partial charge in [-0.3, -0.25) is 10.1 Å². The molecule has 2 aliphatic rings. The molecule has 2 aromatic heterocycles. The lowest BCUT2D eigenvalue weighted by atomic mass is 9.85. The van der Waals surface area contributed by atoms with Crippen LogP contribution >= 0.6 is 11.3 Å². The number of anilines is 2. The van der Waals surface area contributed by atoms with E-state index in [2.05, 4.69) is 37.3 Å². The molecule has 4 rings (SSSR count). The molecule has 1 N–H and O–H groups in total. The van der Waals surface area contributed by atoms with Crippen LogP contribution in [0.4, 0.5) is 10.9 Å². The van der Waals surface area contributed by atoms with Gasteiger partial charge in [-0.25, -0.2) is 4.98 Å². The predicted octanol–water partition coefficient (Wildman–Crippen LogP) is 2.25. The molecule has 2 aromatic rings. The van der Waals surface area contributed by atoms with E-state index >= 15 is 0 Å². The third-order valence-electron chi connectivity index (χ3n) is 5.55. The summed E-state index contributed by atoms with van der Waals surface area (Å²) in [6.07, 6.45) is 6.63. The van der Waals surface area contributed by atoms with Crippen LogP contribution in [0.1, 0.15) is 36.0 Å². The van der Waals surface area contributed by atoms with Crippen molar-refractivity contribution in [3.63, 3.8) is 0 Å². The summed E-state index contributed by atoms with van der Waals surface area (Å²) < 4.78 is 0. The lowest BCUT2D eigenvalue weighted by Gasteiger charge is -2.44. The number of piperidine rings is 1. The van der Waals surface area contributed by atoms with Crippen LogP contribution in [-0.2, 0) is 0 Å². The van der Waals surface area contributed by atoms with E-state index < -0.39 is 0 Å². The summed E-state index contributed by atoms with van der Waals surface area (Å²) in [6, 6.07) is 3.76. The Labute approximate surface area is 151 Å². The van der Waals surface area contributed by atoms with Gasteiger partial charge in [-0.2, -0.15) is 0 Å². The highest BCUT2D eigenvalue weighted by Gasteiger charge is 2.41. The minimum absolute atomic E-state index is 0.207. The van der Waals surface area contributed by atoms with Crippen molar-refractivity contribution < 1.29 is 4.79 Å². The number of amides is 1. The maximum absolute atomic E-state index is 12.2. The van der Waals surface area contributed by atoms with Crippen LogP contribution in [0, 0.1) is 0 Å². The number of likely N-dealkylation sites (tertiary alicyclic amines) is 1. The molecule has 7 nitrogen and oxygen atoms in total. The number of nitrogens with one attached hydrogen (secondary N) is 1. The standard InChI is InChI=1S/C17H22N6OS/c1-22-8-2-5-17(22)6-9-23(10-7-17)14-4-3-13(11-18-14)15(24)20-16-21-19-12-25-16/h3-4,11-12H,2,5-10H2,1H3,(H,20,21,24). The zero-order valence-electron chi connectivity index (χ0n) is 14.3. The summed E-state index contributed by atoms with van der Waals surface area (Å²) in [6.45, 7) is 3.26. The zero-order chi connectivity index (χ0) is 17.3. The summed E-state index contributed by atoms with van der Waals surface area (Å²) in [5.41, 5.74) is 2.52. The summed E-state index contributed by atoms with van der Waals surface area (Å²) in [7, 11) is 2.26. The fourth-order valence-corrected chi connectivity index (χ4v) is 4.40. The Morgan fingerprint density at radius 1 is 1.24 bits per heavy atom. The Morgan fingerprint density at radius 3 is 2.68 bits per heavy atom. The smallest absolute Gasteiger partial charge is 0.259 e. The van der Waals surface area contributed by atoms with Gasteiger partial charge in [-0.05, 0) is 51.4 Å². The van der Waals surface area contributed by atoms with Crippen LogP contribution in [0.5, 0.6) is 0 Å². The van der Waals surface area contributed by atoms with Gasteiger partial charge in [0.15, 0.2) is 0 Å². The summed E-state index contributed by atoms with van der Waals surface area (Å²) in [4.78, 5) is 21.5. The highest BCUT2D eigenvalue weighted by molar-refractivity contribution is 7.13. The summed E-state index contributed by atoms with van der Waals surface area (Å²) >= 11 is 1.29. The number of carbonyl (C=O) groups is 1. The molecular formula is C17H22N6OS. The highest BCUT2D eigenvalue weighted by atomic mass is 32.1. The molecule has 25 heavy (non-hydrogen) atoms. The van der Waals surface area contributed by atoms with Gasteiger partial charge in [0.1, 0.15) is 11.3 Å². The van der Waals surface area contributed by atoms with E-state index in [1.807, 2.05) is 12.1 Å². The van der Waals surface area contributed by atoms with E-state index in [0.29, 0.717) is 16.2 Å². The molecule has 0 aromatic carbocycles. The van der Waals surface area contributed by atoms with Crippen molar-refractivity contribution >= 4 is 28.2 Å². The normalized spacial score (nSPS) is 20.1. The van der Waals surface area contributed by atoms with E-state index in [-0.39, 0.29) is 5.91 Å². The number of nitrogens with zero attached hydrogens (tertiary/aromatic N) is 5. The van der Waals surface area contributed by atoms with Crippen molar-refractivity contribution in [3.8, 4) is 0 Å². The fourth-order valence-electron chi connectivity index (χ4n) is 3.96. The largest absolute Gasteiger partial charge is 0.356 e. The SMILES string of the molecule is CN1CCCC12CCN(c1ccc(C(=O)Nc3nncs3)cn1)CC2. The van der Waals surface area contributed by atoms with E-state index in [1.54, 1.807) is 11.7 Å². The molecule has 0 bridgehead atoms. The molecule has 132 valence electrons. The van der Waals surface area contributed by atoms with Crippen LogP contribution in [-0.4, -0.2) is 58.2 Å². The molecule has 2 fully saturated rings. The number of hydrogen-bond donors (Lipinski definition) is 1. The average molecular weight is 358 g/mol. The third-order valence-corrected chi connectivity index (χ3v) is 6.16. The average Bonchev–Trinajstić information content (AvgIpc) is 3.27. The number of pyridine rings is 1. The van der Waals surface area contributed by atoms with Gasteiger partial charge in [0.05, 0.1) is 5.56 Å². The summed E-state index contributed by atoms with van der Waals surface area (Å²) in [5.74, 6) is 0.740. The van der Waals surface area contributed by atoms with Gasteiger partial charge in [-0.1, -0.05) is 11.3 Å². The van der Waals surface area contributed by atoms with Crippen molar-refractivity contribution in [1.82, 2.24) is 20.1 Å². The molecule has 1 amide bonds. The maximum Gasteiger partial charge on any atom is 0.259 e. The van der Waals surface area contributed by atoms with Gasteiger partial charge in [0, 0.05) is 24.8 Å². The minimum atomic E-state index is -0.207.